The van der Waals surface area contributed by atoms with E-state index >= 15 is 0 Å². The van der Waals surface area contributed by atoms with Crippen molar-refractivity contribution in [3.8, 4) is 11.5 Å². The molecule has 0 aliphatic carbocycles. The van der Waals surface area contributed by atoms with E-state index in [1.54, 1.807) is 24.3 Å². The quantitative estimate of drug-likeness (QED) is 0.525. The van der Waals surface area contributed by atoms with Gasteiger partial charge in [0, 0.05) is 11.1 Å². The molecule has 0 fully saturated rings. The van der Waals surface area contributed by atoms with Crippen molar-refractivity contribution >= 4 is 11.8 Å². The van der Waals surface area contributed by atoms with Crippen molar-refractivity contribution < 1.29 is 24.5 Å². The Morgan fingerprint density at radius 2 is 1.68 bits per heavy atom. The molecule has 0 aliphatic heterocycles. The summed E-state index contributed by atoms with van der Waals surface area (Å²) in [5.41, 5.74) is 0.159. The van der Waals surface area contributed by atoms with Crippen molar-refractivity contribution in [1.82, 2.24) is 0 Å². The monoisotopic (exact) mass is 342 g/mol. The van der Waals surface area contributed by atoms with Crippen molar-refractivity contribution in [3.05, 3.63) is 59.2 Å². The number of ketones is 1. The van der Waals surface area contributed by atoms with Crippen LogP contribution in [0.15, 0.2) is 42.5 Å². The molecule has 5 heteroatoms. The maximum Gasteiger partial charge on any atom is 0.336 e. The van der Waals surface area contributed by atoms with Crippen LogP contribution in [0, 0.1) is 0 Å². The molecular weight excluding hydrogens is 320 g/mol. The Morgan fingerprint density at radius 1 is 0.960 bits per heavy atom. The van der Waals surface area contributed by atoms with Crippen molar-refractivity contribution in [2.24, 2.45) is 0 Å². The number of carbonyl (C=O) groups is 2. The van der Waals surface area contributed by atoms with Crippen molar-refractivity contribution in [2.75, 3.05) is 6.61 Å². The van der Waals surface area contributed by atoms with Crippen LogP contribution in [0.3, 0.4) is 0 Å². The molecule has 2 aromatic rings. The first-order chi connectivity index (χ1) is 12.0. The summed E-state index contributed by atoms with van der Waals surface area (Å²) in [4.78, 5) is 23.8. The largest absolute Gasteiger partial charge is 0.508 e. The summed E-state index contributed by atoms with van der Waals surface area (Å²) in [5.74, 6) is -1.15. The van der Waals surface area contributed by atoms with Gasteiger partial charge in [0.1, 0.15) is 11.5 Å². The number of carboxylic acids is 1. The molecule has 0 aromatic heterocycles. The number of aromatic hydroxyl groups is 1. The van der Waals surface area contributed by atoms with Gasteiger partial charge in [-0.2, -0.15) is 0 Å². The lowest BCUT2D eigenvalue weighted by atomic mass is 9.98. The summed E-state index contributed by atoms with van der Waals surface area (Å²) in [7, 11) is 0. The highest BCUT2D eigenvalue weighted by Gasteiger charge is 2.18. The van der Waals surface area contributed by atoms with Gasteiger partial charge in [-0.05, 0) is 48.9 Å². The van der Waals surface area contributed by atoms with E-state index in [1.807, 2.05) is 0 Å². The van der Waals surface area contributed by atoms with Gasteiger partial charge in [-0.1, -0.05) is 26.2 Å². The first-order valence-corrected chi connectivity index (χ1v) is 8.36. The molecule has 0 bridgehead atoms. The molecule has 0 spiro atoms. The minimum Gasteiger partial charge on any atom is -0.508 e. The minimum absolute atomic E-state index is 0.0410. The van der Waals surface area contributed by atoms with E-state index in [1.165, 1.54) is 31.0 Å². The number of ether oxygens (including phenoxy) is 1. The van der Waals surface area contributed by atoms with Gasteiger partial charge in [-0.3, -0.25) is 4.79 Å². The standard InChI is InChI=1S/C20H22O5/c1-2-3-4-5-12-25-16-9-6-14(7-10-16)19(22)18-13-15(21)8-11-17(18)20(23)24/h6-11,13,21H,2-5,12H2,1H3,(H,23,24). The lowest BCUT2D eigenvalue weighted by Gasteiger charge is -2.08. The zero-order valence-electron chi connectivity index (χ0n) is 14.2. The number of phenols is 1. The average Bonchev–Trinajstić information content (AvgIpc) is 2.61. The van der Waals surface area contributed by atoms with E-state index in [2.05, 4.69) is 6.92 Å². The first kappa shape index (κ1) is 18.5. The molecular formula is C20H22O5. The number of aromatic carboxylic acids is 1. The van der Waals surface area contributed by atoms with Gasteiger partial charge in [0.2, 0.25) is 0 Å². The molecule has 0 saturated carbocycles. The second-order valence-electron chi connectivity index (χ2n) is 5.80. The first-order valence-electron chi connectivity index (χ1n) is 8.36. The fourth-order valence-corrected chi connectivity index (χ4v) is 2.48. The van der Waals surface area contributed by atoms with E-state index in [0.717, 1.165) is 12.8 Å². The van der Waals surface area contributed by atoms with Gasteiger partial charge in [0.05, 0.1) is 12.2 Å². The molecule has 0 saturated heterocycles. The normalized spacial score (nSPS) is 10.4. The molecule has 132 valence electrons. The topological polar surface area (TPSA) is 83.8 Å². The minimum atomic E-state index is -1.21. The molecule has 25 heavy (non-hydrogen) atoms. The van der Waals surface area contributed by atoms with Crippen LogP contribution in [0.5, 0.6) is 11.5 Å². The SMILES string of the molecule is CCCCCCOc1ccc(C(=O)c2cc(O)ccc2C(=O)O)cc1. The van der Waals surface area contributed by atoms with Crippen LogP contribution >= 0.6 is 0 Å². The third-order valence-electron chi connectivity index (χ3n) is 3.86. The second kappa shape index (κ2) is 8.87. The third-order valence-corrected chi connectivity index (χ3v) is 3.86. The van der Waals surface area contributed by atoms with Gasteiger partial charge in [0.15, 0.2) is 5.78 Å². The number of unbranched alkanes of at least 4 members (excludes halogenated alkanes) is 3. The number of phenolic OH excluding ortho intramolecular Hbond substituents is 1. The van der Waals surface area contributed by atoms with Gasteiger partial charge >= 0.3 is 5.97 Å². The molecule has 2 N–H and O–H groups in total. The Morgan fingerprint density at radius 3 is 2.32 bits per heavy atom. The van der Waals surface area contributed by atoms with E-state index in [4.69, 9.17) is 4.74 Å². The fraction of sp³-hybridized carbons (Fsp3) is 0.300. The van der Waals surface area contributed by atoms with Crippen LogP contribution < -0.4 is 4.74 Å². The molecule has 2 aromatic carbocycles. The number of benzene rings is 2. The Bertz CT molecular complexity index is 734. The zero-order chi connectivity index (χ0) is 18.2. The van der Waals surface area contributed by atoms with Crippen LogP contribution in [0.2, 0.25) is 0 Å². The predicted octanol–water partition coefficient (Wildman–Crippen LogP) is 4.28. The highest BCUT2D eigenvalue weighted by atomic mass is 16.5. The van der Waals surface area contributed by atoms with Crippen LogP contribution in [0.4, 0.5) is 0 Å². The highest BCUT2D eigenvalue weighted by Crippen LogP contribution is 2.22. The van der Waals surface area contributed by atoms with Crippen LogP contribution in [-0.4, -0.2) is 28.6 Å². The van der Waals surface area contributed by atoms with Crippen molar-refractivity contribution in [2.45, 2.75) is 32.6 Å². The summed E-state index contributed by atoms with van der Waals surface area (Å²) in [5, 5.41) is 18.8. The molecule has 5 nitrogen and oxygen atoms in total. The number of rotatable bonds is 9. The van der Waals surface area contributed by atoms with Gasteiger partial charge in [0.25, 0.3) is 0 Å². The Kier molecular flexibility index (Phi) is 6.57. The summed E-state index contributed by atoms with van der Waals surface area (Å²) in [6.07, 6.45) is 4.47. The van der Waals surface area contributed by atoms with Crippen LogP contribution in [-0.2, 0) is 0 Å². The Labute approximate surface area is 146 Å². The summed E-state index contributed by atoms with van der Waals surface area (Å²) < 4.78 is 5.63. The van der Waals surface area contributed by atoms with Crippen molar-refractivity contribution in [1.29, 1.82) is 0 Å². The number of carbonyl (C=O) groups excluding carboxylic acids is 1. The van der Waals surface area contributed by atoms with Gasteiger partial charge < -0.3 is 14.9 Å². The predicted molar refractivity (Wildman–Crippen MR) is 94.6 cm³/mol. The zero-order valence-corrected chi connectivity index (χ0v) is 14.2. The van der Waals surface area contributed by atoms with E-state index < -0.39 is 11.8 Å². The molecule has 0 unspecified atom stereocenters. The highest BCUT2D eigenvalue weighted by molar-refractivity contribution is 6.14. The Hall–Kier alpha value is -2.82. The summed E-state index contributed by atoms with van der Waals surface area (Å²) >= 11 is 0. The third kappa shape index (κ3) is 5.08. The lowest BCUT2D eigenvalue weighted by molar-refractivity contribution is 0.0692. The van der Waals surface area contributed by atoms with Crippen LogP contribution in [0.25, 0.3) is 0 Å². The van der Waals surface area contributed by atoms with Crippen LogP contribution in [0.1, 0.15) is 58.9 Å². The second-order valence-corrected chi connectivity index (χ2v) is 5.80. The van der Waals surface area contributed by atoms with E-state index in [0.29, 0.717) is 17.9 Å². The van der Waals surface area contributed by atoms with E-state index in [-0.39, 0.29) is 16.9 Å². The molecule has 2 rings (SSSR count). The summed E-state index contributed by atoms with van der Waals surface area (Å²) in [6, 6.07) is 10.2. The average molecular weight is 342 g/mol. The molecule has 0 amide bonds. The smallest absolute Gasteiger partial charge is 0.336 e. The Balaban J connectivity index is 2.08. The lowest BCUT2D eigenvalue weighted by Crippen LogP contribution is -2.09. The molecule has 0 heterocycles. The van der Waals surface area contributed by atoms with Crippen molar-refractivity contribution in [3.63, 3.8) is 0 Å². The molecule has 0 aliphatic rings. The maximum atomic E-state index is 12.6. The maximum absolute atomic E-state index is 12.6. The number of hydrogen-bond acceptors (Lipinski definition) is 4. The number of carboxylic acid groups (broad SMARTS) is 1. The van der Waals surface area contributed by atoms with E-state index in [9.17, 15) is 19.8 Å². The molecule has 0 radical (unpaired) electrons. The number of hydrogen-bond donors (Lipinski definition) is 2. The summed E-state index contributed by atoms with van der Waals surface area (Å²) in [6.45, 7) is 2.78. The fourth-order valence-electron chi connectivity index (χ4n) is 2.48. The van der Waals surface area contributed by atoms with Gasteiger partial charge in [-0.15, -0.1) is 0 Å². The van der Waals surface area contributed by atoms with Gasteiger partial charge in [-0.25, -0.2) is 4.79 Å². The molecule has 0 atom stereocenters.